The molecule has 0 aromatic rings. The topological polar surface area (TPSA) is 35.2 Å². The minimum absolute atomic E-state index is 0.170. The second kappa shape index (κ2) is 3.75. The third-order valence-electron chi connectivity index (χ3n) is 2.26. The molecule has 0 spiro atoms. The van der Waals surface area contributed by atoms with Crippen molar-refractivity contribution < 1.29 is 4.74 Å². The minimum Gasteiger partial charge on any atom is -0.381 e. The van der Waals surface area contributed by atoms with Crippen LogP contribution in [0.15, 0.2) is 0 Å². The van der Waals surface area contributed by atoms with Crippen molar-refractivity contribution in [2.75, 3.05) is 19.8 Å². The molecule has 1 rings (SSSR count). The number of ether oxygens (including phenoxy) is 1. The summed E-state index contributed by atoms with van der Waals surface area (Å²) < 4.78 is 5.30. The monoisotopic (exact) mass is 153 g/mol. The predicted octanol–water partition coefficient (Wildman–Crippen LogP) is 0.765. The van der Waals surface area contributed by atoms with E-state index in [1.54, 1.807) is 0 Å². The fourth-order valence-electron chi connectivity index (χ4n) is 1.30. The van der Waals surface area contributed by atoms with E-state index >= 15 is 0 Å². The zero-order chi connectivity index (χ0) is 8.16. The fourth-order valence-corrected chi connectivity index (χ4v) is 1.30. The zero-order valence-corrected chi connectivity index (χ0v) is 7.02. The Morgan fingerprint density at radius 1 is 1.64 bits per heavy atom. The molecule has 11 heavy (non-hydrogen) atoms. The smallest absolute Gasteiger partial charge is 0.0544 e. The first kappa shape index (κ1) is 8.58. The first-order valence-corrected chi connectivity index (χ1v) is 4.00. The molecule has 1 saturated heterocycles. The lowest BCUT2D eigenvalue weighted by molar-refractivity contribution is 0.157. The van der Waals surface area contributed by atoms with Crippen LogP contribution in [0, 0.1) is 17.3 Å². The van der Waals surface area contributed by atoms with Crippen LogP contribution in [-0.2, 0) is 4.74 Å². The zero-order valence-electron chi connectivity index (χ0n) is 7.02. The molecule has 0 aliphatic carbocycles. The van der Waals surface area contributed by atoms with Crippen molar-refractivity contribution in [1.29, 1.82) is 0 Å². The summed E-state index contributed by atoms with van der Waals surface area (Å²) in [5, 5.41) is 0. The highest BCUT2D eigenvalue weighted by molar-refractivity contribution is 5.02. The Morgan fingerprint density at radius 2 is 2.45 bits per heavy atom. The summed E-state index contributed by atoms with van der Waals surface area (Å²) in [5.41, 5.74) is 5.83. The van der Waals surface area contributed by atoms with Crippen LogP contribution in [0.25, 0.3) is 0 Å². The molecule has 62 valence electrons. The lowest BCUT2D eigenvalue weighted by atomic mass is 9.84. The van der Waals surface area contributed by atoms with E-state index in [1.165, 1.54) is 0 Å². The first-order valence-electron chi connectivity index (χ1n) is 4.00. The third-order valence-corrected chi connectivity index (χ3v) is 2.26. The Morgan fingerprint density at radius 3 is 2.91 bits per heavy atom. The molecule has 1 fully saturated rings. The summed E-state index contributed by atoms with van der Waals surface area (Å²) >= 11 is 0. The summed E-state index contributed by atoms with van der Waals surface area (Å²) in [5.74, 6) is 5.96. The first-order chi connectivity index (χ1) is 5.33. The molecule has 0 radical (unpaired) electrons. The molecule has 2 nitrogen and oxygen atoms in total. The van der Waals surface area contributed by atoms with Crippen LogP contribution in [0.5, 0.6) is 0 Å². The van der Waals surface area contributed by atoms with Gasteiger partial charge < -0.3 is 10.5 Å². The van der Waals surface area contributed by atoms with Crippen LogP contribution < -0.4 is 5.73 Å². The largest absolute Gasteiger partial charge is 0.381 e. The number of rotatable bonds is 2. The molecule has 1 aliphatic rings. The van der Waals surface area contributed by atoms with Crippen LogP contribution in [-0.4, -0.2) is 19.8 Å². The Kier molecular flexibility index (Phi) is 2.92. The molecular formula is C9H15NO. The third kappa shape index (κ3) is 1.95. The predicted molar refractivity (Wildman–Crippen MR) is 45.0 cm³/mol. The molecule has 1 unspecified atom stereocenters. The maximum absolute atomic E-state index is 5.66. The van der Waals surface area contributed by atoms with Gasteiger partial charge in [0.1, 0.15) is 0 Å². The van der Waals surface area contributed by atoms with Gasteiger partial charge in [-0.1, -0.05) is 0 Å². The average Bonchev–Trinajstić information content (AvgIpc) is 2.50. The van der Waals surface area contributed by atoms with Gasteiger partial charge in [0, 0.05) is 25.0 Å². The molecule has 2 N–H and O–H groups in total. The van der Waals surface area contributed by atoms with Gasteiger partial charge in [0.15, 0.2) is 0 Å². The lowest BCUT2D eigenvalue weighted by Crippen LogP contribution is -2.30. The van der Waals surface area contributed by atoms with Gasteiger partial charge in [0.2, 0.25) is 0 Å². The van der Waals surface area contributed by atoms with Gasteiger partial charge in [-0.25, -0.2) is 0 Å². The molecule has 0 bridgehead atoms. The van der Waals surface area contributed by atoms with E-state index in [2.05, 4.69) is 11.8 Å². The van der Waals surface area contributed by atoms with Gasteiger partial charge in [0.25, 0.3) is 0 Å². The highest BCUT2D eigenvalue weighted by atomic mass is 16.5. The molecule has 0 saturated carbocycles. The minimum atomic E-state index is 0.170. The number of nitrogens with two attached hydrogens (primary N) is 1. The second-order valence-electron chi connectivity index (χ2n) is 3.11. The molecule has 1 heterocycles. The van der Waals surface area contributed by atoms with Crippen LogP contribution in [0.2, 0.25) is 0 Å². The highest BCUT2D eigenvalue weighted by Gasteiger charge is 2.32. The molecule has 2 heteroatoms. The standard InChI is InChI=1S/C9H15NO/c1-2-3-4-9(7-10)5-6-11-8-9/h4-8,10H2,1H3. The highest BCUT2D eigenvalue weighted by Crippen LogP contribution is 2.30. The van der Waals surface area contributed by atoms with E-state index in [-0.39, 0.29) is 5.41 Å². The molecule has 1 aliphatic heterocycles. The maximum atomic E-state index is 5.66. The van der Waals surface area contributed by atoms with Crippen LogP contribution in [0.4, 0.5) is 0 Å². The Balaban J connectivity index is 2.50. The van der Waals surface area contributed by atoms with Crippen LogP contribution in [0.1, 0.15) is 19.8 Å². The van der Waals surface area contributed by atoms with Crippen LogP contribution in [0.3, 0.4) is 0 Å². The van der Waals surface area contributed by atoms with Crippen molar-refractivity contribution >= 4 is 0 Å². The second-order valence-corrected chi connectivity index (χ2v) is 3.11. The van der Waals surface area contributed by atoms with Crippen molar-refractivity contribution in [2.45, 2.75) is 19.8 Å². The van der Waals surface area contributed by atoms with E-state index in [0.717, 1.165) is 26.1 Å². The van der Waals surface area contributed by atoms with Crippen molar-refractivity contribution in [1.82, 2.24) is 0 Å². The van der Waals surface area contributed by atoms with Gasteiger partial charge in [-0.05, 0) is 13.3 Å². The fraction of sp³-hybridized carbons (Fsp3) is 0.778. The van der Waals surface area contributed by atoms with E-state index in [1.807, 2.05) is 6.92 Å². The molecular weight excluding hydrogens is 138 g/mol. The van der Waals surface area contributed by atoms with E-state index < -0.39 is 0 Å². The molecule has 0 aromatic carbocycles. The van der Waals surface area contributed by atoms with Gasteiger partial charge in [-0.15, -0.1) is 11.8 Å². The lowest BCUT2D eigenvalue weighted by Gasteiger charge is -2.21. The Labute approximate surface area is 68.1 Å². The van der Waals surface area contributed by atoms with E-state index in [9.17, 15) is 0 Å². The van der Waals surface area contributed by atoms with Crippen molar-refractivity contribution in [3.63, 3.8) is 0 Å². The van der Waals surface area contributed by atoms with Gasteiger partial charge in [-0.3, -0.25) is 0 Å². The summed E-state index contributed by atoms with van der Waals surface area (Å²) in [7, 11) is 0. The normalized spacial score (nSPS) is 29.6. The molecule has 1 atom stereocenters. The maximum Gasteiger partial charge on any atom is 0.0544 e. The van der Waals surface area contributed by atoms with Gasteiger partial charge in [0.05, 0.1) is 6.61 Å². The molecule has 0 aromatic heterocycles. The van der Waals surface area contributed by atoms with E-state index in [0.29, 0.717) is 6.54 Å². The quantitative estimate of drug-likeness (QED) is 0.594. The summed E-state index contributed by atoms with van der Waals surface area (Å²) in [6, 6.07) is 0. The average molecular weight is 153 g/mol. The summed E-state index contributed by atoms with van der Waals surface area (Å²) in [6.07, 6.45) is 1.96. The van der Waals surface area contributed by atoms with Crippen molar-refractivity contribution in [3.8, 4) is 11.8 Å². The number of hydrogen-bond acceptors (Lipinski definition) is 2. The summed E-state index contributed by atoms with van der Waals surface area (Å²) in [4.78, 5) is 0. The van der Waals surface area contributed by atoms with E-state index in [4.69, 9.17) is 10.5 Å². The van der Waals surface area contributed by atoms with Gasteiger partial charge >= 0.3 is 0 Å². The van der Waals surface area contributed by atoms with Crippen molar-refractivity contribution in [3.05, 3.63) is 0 Å². The van der Waals surface area contributed by atoms with Gasteiger partial charge in [-0.2, -0.15) is 0 Å². The Bertz CT molecular complexity index is 172. The van der Waals surface area contributed by atoms with Crippen molar-refractivity contribution in [2.24, 2.45) is 11.1 Å². The SMILES string of the molecule is CC#CCC1(CN)CCOC1. The summed E-state index contributed by atoms with van der Waals surface area (Å²) in [6.45, 7) is 4.20. The Hall–Kier alpha value is -0.520. The molecule has 0 amide bonds. The van der Waals surface area contributed by atoms with Crippen LogP contribution >= 0.6 is 0 Å². The number of hydrogen-bond donors (Lipinski definition) is 1.